The van der Waals surface area contributed by atoms with E-state index in [0.29, 0.717) is 0 Å². The highest BCUT2D eigenvalue weighted by Crippen LogP contribution is 2.39. The van der Waals surface area contributed by atoms with Gasteiger partial charge in [-0.2, -0.15) is 0 Å². The van der Waals surface area contributed by atoms with Crippen LogP contribution in [-0.2, 0) is 0 Å². The summed E-state index contributed by atoms with van der Waals surface area (Å²) in [7, 11) is 0. The summed E-state index contributed by atoms with van der Waals surface area (Å²) >= 11 is 14.2. The van der Waals surface area contributed by atoms with Crippen LogP contribution in [0.25, 0.3) is 0 Å². The van der Waals surface area contributed by atoms with Gasteiger partial charge in [-0.3, -0.25) is 0 Å². The molecule has 17 heavy (non-hydrogen) atoms. The van der Waals surface area contributed by atoms with Crippen molar-refractivity contribution >= 4 is 61.5 Å². The van der Waals surface area contributed by atoms with Gasteiger partial charge in [0, 0.05) is 17.8 Å². The molecule has 0 fully saturated rings. The van der Waals surface area contributed by atoms with Crippen molar-refractivity contribution in [1.29, 1.82) is 0 Å². The van der Waals surface area contributed by atoms with E-state index < -0.39 is 0 Å². The van der Waals surface area contributed by atoms with Gasteiger partial charge >= 0.3 is 0 Å². The minimum atomic E-state index is -0.0585. The van der Waals surface area contributed by atoms with Gasteiger partial charge < -0.3 is 0 Å². The summed E-state index contributed by atoms with van der Waals surface area (Å²) in [6.07, 6.45) is 0. The zero-order valence-corrected chi connectivity index (χ0v) is 14.7. The highest BCUT2D eigenvalue weighted by molar-refractivity contribution is 14.1. The van der Waals surface area contributed by atoms with E-state index in [1.54, 1.807) is 11.3 Å². The monoisotopic (exact) mass is 440 g/mol. The van der Waals surface area contributed by atoms with Crippen molar-refractivity contribution in [2.45, 2.75) is 19.2 Å². The number of aryl methyl sites for hydroxylation is 2. The molecule has 1 heterocycles. The summed E-state index contributed by atoms with van der Waals surface area (Å²) in [5, 5.41) is -0.0585. The van der Waals surface area contributed by atoms with E-state index in [2.05, 4.69) is 76.6 Å². The number of halogens is 3. The minimum Gasteiger partial charge on any atom is -0.143 e. The lowest BCUT2D eigenvalue weighted by molar-refractivity contribution is 1.15. The first kappa shape index (κ1) is 13.8. The number of rotatable bonds is 2. The third-order valence-electron chi connectivity index (χ3n) is 2.62. The maximum Gasteiger partial charge on any atom is 0.0938 e. The van der Waals surface area contributed by atoms with Crippen molar-refractivity contribution < 1.29 is 0 Å². The van der Waals surface area contributed by atoms with Gasteiger partial charge in [-0.25, -0.2) is 0 Å². The van der Waals surface area contributed by atoms with Crippen LogP contribution >= 0.6 is 61.5 Å². The molecule has 1 aromatic carbocycles. The fraction of sp³-hybridized carbons (Fsp3) is 0.231. The van der Waals surface area contributed by atoms with E-state index in [1.165, 1.54) is 24.5 Å². The third-order valence-corrected chi connectivity index (χ3v) is 6.90. The molecule has 2 aromatic rings. The standard InChI is InChI=1S/C13H11BrClIS/c1-7-4-3-5-9(13(7)16)12(15)11-6-10(14)8(2)17-11/h3-6,12H,1-2H3. The molecule has 0 aliphatic carbocycles. The van der Waals surface area contributed by atoms with Crippen LogP contribution in [0.4, 0.5) is 0 Å². The van der Waals surface area contributed by atoms with Gasteiger partial charge in [-0.15, -0.1) is 22.9 Å². The fourth-order valence-electron chi connectivity index (χ4n) is 1.63. The lowest BCUT2D eigenvalue weighted by Crippen LogP contribution is -1.95. The van der Waals surface area contributed by atoms with Gasteiger partial charge in [0.25, 0.3) is 0 Å². The summed E-state index contributed by atoms with van der Waals surface area (Å²) < 4.78 is 2.40. The molecular formula is C13H11BrClIS. The zero-order valence-electron chi connectivity index (χ0n) is 9.43. The Bertz CT molecular complexity index is 531. The van der Waals surface area contributed by atoms with Crippen molar-refractivity contribution in [3.05, 3.63) is 53.2 Å². The van der Waals surface area contributed by atoms with E-state index >= 15 is 0 Å². The molecule has 0 N–H and O–H groups in total. The quantitative estimate of drug-likeness (QED) is 0.393. The van der Waals surface area contributed by atoms with Crippen molar-refractivity contribution in [3.8, 4) is 0 Å². The summed E-state index contributed by atoms with van der Waals surface area (Å²) in [4.78, 5) is 2.47. The van der Waals surface area contributed by atoms with Gasteiger partial charge in [-0.1, -0.05) is 18.2 Å². The summed E-state index contributed by atoms with van der Waals surface area (Å²) in [5.41, 5.74) is 2.47. The van der Waals surface area contributed by atoms with Crippen LogP contribution < -0.4 is 0 Å². The lowest BCUT2D eigenvalue weighted by atomic mass is 10.1. The Hall–Kier alpha value is 0.420. The summed E-state index contributed by atoms with van der Waals surface area (Å²) in [6.45, 7) is 4.22. The number of hydrogen-bond donors (Lipinski definition) is 0. The average Bonchev–Trinajstić information content (AvgIpc) is 2.62. The number of alkyl halides is 1. The molecule has 90 valence electrons. The Kier molecular flexibility index (Phi) is 4.55. The van der Waals surface area contributed by atoms with E-state index in [4.69, 9.17) is 11.6 Å². The second kappa shape index (κ2) is 5.59. The predicted octanol–water partition coefficient (Wildman–Crippen LogP) is 6.06. The van der Waals surface area contributed by atoms with Crippen molar-refractivity contribution in [2.24, 2.45) is 0 Å². The number of hydrogen-bond acceptors (Lipinski definition) is 1. The lowest BCUT2D eigenvalue weighted by Gasteiger charge is -2.11. The first-order chi connectivity index (χ1) is 8.00. The van der Waals surface area contributed by atoms with Gasteiger partial charge in [0.1, 0.15) is 0 Å². The van der Waals surface area contributed by atoms with Gasteiger partial charge in [-0.05, 0) is 69.6 Å². The smallest absolute Gasteiger partial charge is 0.0938 e. The largest absolute Gasteiger partial charge is 0.143 e. The van der Waals surface area contributed by atoms with Crippen molar-refractivity contribution in [3.63, 3.8) is 0 Å². The molecule has 0 aliphatic heterocycles. The number of thiophene rings is 1. The first-order valence-electron chi connectivity index (χ1n) is 5.15. The third kappa shape index (κ3) is 2.88. The molecule has 0 aliphatic rings. The topological polar surface area (TPSA) is 0 Å². The Morgan fingerprint density at radius 1 is 1.35 bits per heavy atom. The van der Waals surface area contributed by atoms with E-state index in [9.17, 15) is 0 Å². The maximum atomic E-state index is 6.58. The molecule has 1 unspecified atom stereocenters. The average molecular weight is 442 g/mol. The highest BCUT2D eigenvalue weighted by Gasteiger charge is 2.17. The van der Waals surface area contributed by atoms with E-state index in [1.807, 2.05) is 0 Å². The van der Waals surface area contributed by atoms with E-state index in [0.717, 1.165) is 4.47 Å². The molecule has 1 atom stereocenters. The molecule has 0 saturated carbocycles. The van der Waals surface area contributed by atoms with E-state index in [-0.39, 0.29) is 5.38 Å². The van der Waals surface area contributed by atoms with Crippen LogP contribution in [0.2, 0.25) is 0 Å². The molecule has 0 saturated heterocycles. The Balaban J connectivity index is 2.43. The fourth-order valence-corrected chi connectivity index (χ4v) is 4.42. The molecule has 0 nitrogen and oxygen atoms in total. The summed E-state index contributed by atoms with van der Waals surface area (Å²) in [6, 6.07) is 8.41. The van der Waals surface area contributed by atoms with Gasteiger partial charge in [0.15, 0.2) is 0 Å². The molecule has 1 aromatic heterocycles. The second-order valence-electron chi connectivity index (χ2n) is 3.89. The highest BCUT2D eigenvalue weighted by atomic mass is 127. The number of benzene rings is 1. The van der Waals surface area contributed by atoms with Crippen LogP contribution in [0.15, 0.2) is 28.7 Å². The Morgan fingerprint density at radius 3 is 2.65 bits per heavy atom. The van der Waals surface area contributed by atoms with Crippen molar-refractivity contribution in [2.75, 3.05) is 0 Å². The second-order valence-corrected chi connectivity index (χ2v) is 7.55. The maximum absolute atomic E-state index is 6.58. The Labute approximate surface area is 133 Å². The van der Waals surface area contributed by atoms with Crippen LogP contribution in [0.3, 0.4) is 0 Å². The SMILES string of the molecule is Cc1cccc(C(Cl)c2cc(Br)c(C)s2)c1I. The molecule has 0 amide bonds. The molecule has 2 rings (SSSR count). The zero-order chi connectivity index (χ0) is 12.6. The predicted molar refractivity (Wildman–Crippen MR) is 88.3 cm³/mol. The molecule has 0 bridgehead atoms. The summed E-state index contributed by atoms with van der Waals surface area (Å²) in [5.74, 6) is 0. The molecule has 4 heteroatoms. The van der Waals surface area contributed by atoms with Crippen LogP contribution in [0.1, 0.15) is 26.3 Å². The molecule has 0 spiro atoms. The molecule has 0 radical (unpaired) electrons. The van der Waals surface area contributed by atoms with Crippen LogP contribution in [0, 0.1) is 17.4 Å². The van der Waals surface area contributed by atoms with Gasteiger partial charge in [0.2, 0.25) is 0 Å². The normalized spacial score (nSPS) is 12.8. The van der Waals surface area contributed by atoms with Crippen LogP contribution in [0.5, 0.6) is 0 Å². The van der Waals surface area contributed by atoms with Gasteiger partial charge in [0.05, 0.1) is 5.38 Å². The van der Waals surface area contributed by atoms with Crippen molar-refractivity contribution in [1.82, 2.24) is 0 Å². The molecular weight excluding hydrogens is 430 g/mol. The minimum absolute atomic E-state index is 0.0585. The first-order valence-corrected chi connectivity index (χ1v) is 8.28. The Morgan fingerprint density at radius 2 is 2.06 bits per heavy atom. The van der Waals surface area contributed by atoms with Crippen LogP contribution in [-0.4, -0.2) is 0 Å².